The van der Waals surface area contributed by atoms with Gasteiger partial charge in [0.05, 0.1) is 16.1 Å². The normalized spacial score (nSPS) is 19.6. The summed E-state index contributed by atoms with van der Waals surface area (Å²) in [6, 6.07) is 3.40. The molecule has 7 nitrogen and oxygen atoms in total. The van der Waals surface area contributed by atoms with Gasteiger partial charge in [-0.3, -0.25) is 4.98 Å². The molecule has 0 bridgehead atoms. The number of halogens is 1. The van der Waals surface area contributed by atoms with E-state index in [2.05, 4.69) is 26.4 Å². The molecule has 0 radical (unpaired) electrons. The van der Waals surface area contributed by atoms with Crippen molar-refractivity contribution in [2.24, 2.45) is 11.8 Å². The van der Waals surface area contributed by atoms with Crippen LogP contribution in [-0.2, 0) is 6.54 Å². The fraction of sp³-hybridized carbons (Fsp3) is 0.400. The summed E-state index contributed by atoms with van der Waals surface area (Å²) < 4.78 is 6.87. The van der Waals surface area contributed by atoms with E-state index < -0.39 is 6.16 Å². The van der Waals surface area contributed by atoms with Crippen LogP contribution in [0.5, 0.6) is 6.01 Å². The minimum Gasteiger partial charge on any atom is -0.449 e. The van der Waals surface area contributed by atoms with Gasteiger partial charge < -0.3 is 14.4 Å². The Labute approximate surface area is 167 Å². The van der Waals surface area contributed by atoms with Gasteiger partial charge >= 0.3 is 12.2 Å². The lowest BCUT2D eigenvalue weighted by atomic mass is 9.83. The molecule has 1 fully saturated rings. The van der Waals surface area contributed by atoms with Gasteiger partial charge in [0, 0.05) is 30.7 Å². The zero-order chi connectivity index (χ0) is 19.7. The number of fused-ring (bicyclic) bond motifs is 1. The van der Waals surface area contributed by atoms with Crippen LogP contribution in [0.3, 0.4) is 0 Å². The summed E-state index contributed by atoms with van der Waals surface area (Å²) in [5.41, 5.74) is 2.71. The van der Waals surface area contributed by atoms with Crippen LogP contribution in [0, 0.1) is 11.8 Å². The van der Waals surface area contributed by atoms with Gasteiger partial charge in [0.2, 0.25) is 0 Å². The standard InChI is InChI=1S/C20H21ClN4O3/c1-12-2-4-13(5-3-12)11-25-7-6-16-18(25)17(14-8-15(21)10-22-9-14)24-19(23-16)28-20(26)27/h6-10,12-13H,2-5,11H2,1H3,(H,26,27)/t12-,13-. The SMILES string of the molecule is C[C@H]1CC[C@H](Cn2ccc3nc(OC(=O)O)nc(-c4cncc(Cl)c4)c32)CC1. The number of ether oxygens (including phenoxy) is 1. The van der Waals surface area contributed by atoms with Crippen molar-refractivity contribution in [1.29, 1.82) is 0 Å². The molecule has 3 aromatic rings. The van der Waals surface area contributed by atoms with Crippen molar-refractivity contribution in [3.8, 4) is 17.3 Å². The van der Waals surface area contributed by atoms with Gasteiger partial charge in [0.1, 0.15) is 5.69 Å². The smallest absolute Gasteiger partial charge is 0.449 e. The molecule has 0 amide bonds. The van der Waals surface area contributed by atoms with Gasteiger partial charge in [-0.15, -0.1) is 0 Å². The average molecular weight is 401 g/mol. The molecule has 1 N–H and O–H groups in total. The van der Waals surface area contributed by atoms with Crippen LogP contribution in [0.25, 0.3) is 22.3 Å². The molecule has 0 aromatic carbocycles. The predicted molar refractivity (Wildman–Crippen MR) is 106 cm³/mol. The first-order valence-electron chi connectivity index (χ1n) is 9.38. The van der Waals surface area contributed by atoms with Gasteiger partial charge in [-0.2, -0.15) is 9.97 Å². The zero-order valence-electron chi connectivity index (χ0n) is 15.5. The fourth-order valence-electron chi connectivity index (χ4n) is 3.89. The molecular formula is C20H21ClN4O3. The second kappa shape index (κ2) is 7.75. The van der Waals surface area contributed by atoms with Crippen LogP contribution in [0.1, 0.15) is 32.6 Å². The van der Waals surface area contributed by atoms with E-state index in [-0.39, 0.29) is 6.01 Å². The maximum atomic E-state index is 11.0. The maximum Gasteiger partial charge on any atom is 0.513 e. The maximum absolute atomic E-state index is 11.0. The van der Waals surface area contributed by atoms with Crippen molar-refractivity contribution < 1.29 is 14.6 Å². The molecule has 1 aliphatic carbocycles. The third-order valence-electron chi connectivity index (χ3n) is 5.34. The molecule has 0 unspecified atom stereocenters. The summed E-state index contributed by atoms with van der Waals surface area (Å²) in [6.45, 7) is 3.18. The summed E-state index contributed by atoms with van der Waals surface area (Å²) in [5.74, 6) is 1.40. The van der Waals surface area contributed by atoms with Gasteiger partial charge in [0.15, 0.2) is 0 Å². The Bertz CT molecular complexity index is 1010. The lowest BCUT2D eigenvalue weighted by Gasteiger charge is -2.26. The molecule has 146 valence electrons. The number of hydrogen-bond acceptors (Lipinski definition) is 5. The largest absolute Gasteiger partial charge is 0.513 e. The van der Waals surface area contributed by atoms with Gasteiger partial charge in [0.25, 0.3) is 0 Å². The molecule has 1 saturated carbocycles. The molecule has 0 saturated heterocycles. The molecule has 0 atom stereocenters. The lowest BCUT2D eigenvalue weighted by molar-refractivity contribution is 0.140. The molecule has 0 spiro atoms. The monoisotopic (exact) mass is 400 g/mol. The summed E-state index contributed by atoms with van der Waals surface area (Å²) in [5, 5.41) is 9.42. The van der Waals surface area contributed by atoms with Crippen molar-refractivity contribution in [3.05, 3.63) is 35.7 Å². The molecule has 8 heteroatoms. The van der Waals surface area contributed by atoms with Crippen molar-refractivity contribution in [2.45, 2.75) is 39.2 Å². The molecule has 0 aliphatic heterocycles. The molecule has 3 aromatic heterocycles. The summed E-state index contributed by atoms with van der Waals surface area (Å²) in [4.78, 5) is 23.7. The first-order chi connectivity index (χ1) is 13.5. The quantitative estimate of drug-likeness (QED) is 0.617. The summed E-state index contributed by atoms with van der Waals surface area (Å²) in [7, 11) is 0. The van der Waals surface area contributed by atoms with Crippen LogP contribution in [0.15, 0.2) is 30.7 Å². The minimum absolute atomic E-state index is 0.209. The van der Waals surface area contributed by atoms with E-state index in [1.165, 1.54) is 25.7 Å². The van der Waals surface area contributed by atoms with Crippen molar-refractivity contribution in [2.75, 3.05) is 0 Å². The van der Waals surface area contributed by atoms with Gasteiger partial charge in [-0.05, 0) is 36.8 Å². The molecule has 4 rings (SSSR count). The summed E-state index contributed by atoms with van der Waals surface area (Å²) >= 11 is 6.11. The lowest BCUT2D eigenvalue weighted by Crippen LogP contribution is -2.17. The molecular weight excluding hydrogens is 380 g/mol. The van der Waals surface area contributed by atoms with Crippen LogP contribution < -0.4 is 4.74 Å². The highest BCUT2D eigenvalue weighted by atomic mass is 35.5. The second-order valence-corrected chi connectivity index (χ2v) is 7.88. The Hall–Kier alpha value is -2.67. The number of aromatic nitrogens is 4. The average Bonchev–Trinajstić information content (AvgIpc) is 3.05. The number of carboxylic acid groups (broad SMARTS) is 1. The van der Waals surface area contributed by atoms with E-state index in [9.17, 15) is 4.79 Å². The first kappa shape index (κ1) is 18.7. The van der Waals surface area contributed by atoms with Crippen molar-refractivity contribution in [1.82, 2.24) is 19.5 Å². The fourth-order valence-corrected chi connectivity index (χ4v) is 4.07. The Morgan fingerprint density at radius 3 is 2.79 bits per heavy atom. The Morgan fingerprint density at radius 1 is 1.29 bits per heavy atom. The van der Waals surface area contributed by atoms with E-state index >= 15 is 0 Å². The number of pyridine rings is 1. The first-order valence-corrected chi connectivity index (χ1v) is 9.76. The predicted octanol–water partition coefficient (Wildman–Crippen LogP) is 5.03. The molecule has 1 aliphatic rings. The highest BCUT2D eigenvalue weighted by molar-refractivity contribution is 6.30. The summed E-state index contributed by atoms with van der Waals surface area (Å²) in [6.07, 6.45) is 8.63. The number of carbonyl (C=O) groups is 1. The van der Waals surface area contributed by atoms with E-state index in [0.29, 0.717) is 27.7 Å². The van der Waals surface area contributed by atoms with Crippen LogP contribution >= 0.6 is 11.6 Å². The molecule has 3 heterocycles. The van der Waals surface area contributed by atoms with Crippen LogP contribution in [-0.4, -0.2) is 30.8 Å². The second-order valence-electron chi connectivity index (χ2n) is 7.44. The highest BCUT2D eigenvalue weighted by Gasteiger charge is 2.22. The van der Waals surface area contributed by atoms with Crippen molar-refractivity contribution >= 4 is 28.8 Å². The minimum atomic E-state index is -1.45. The Balaban J connectivity index is 1.78. The number of rotatable bonds is 4. The third-order valence-corrected chi connectivity index (χ3v) is 5.54. The number of nitrogens with zero attached hydrogens (tertiary/aromatic N) is 4. The van der Waals surface area contributed by atoms with Crippen LogP contribution in [0.2, 0.25) is 5.02 Å². The topological polar surface area (TPSA) is 90.1 Å². The van der Waals surface area contributed by atoms with Crippen molar-refractivity contribution in [3.63, 3.8) is 0 Å². The zero-order valence-corrected chi connectivity index (χ0v) is 16.3. The van der Waals surface area contributed by atoms with E-state index in [1.54, 1.807) is 18.5 Å². The Morgan fingerprint density at radius 2 is 2.07 bits per heavy atom. The van der Waals surface area contributed by atoms with E-state index in [4.69, 9.17) is 21.4 Å². The van der Waals surface area contributed by atoms with E-state index in [0.717, 1.165) is 18.0 Å². The van der Waals surface area contributed by atoms with E-state index in [1.807, 2.05) is 12.3 Å². The van der Waals surface area contributed by atoms with Crippen LogP contribution in [0.4, 0.5) is 4.79 Å². The van der Waals surface area contributed by atoms with Gasteiger partial charge in [-0.1, -0.05) is 31.4 Å². The highest BCUT2D eigenvalue weighted by Crippen LogP contribution is 2.33. The van der Waals surface area contributed by atoms with Gasteiger partial charge in [-0.25, -0.2) is 4.79 Å². The molecule has 28 heavy (non-hydrogen) atoms. The number of hydrogen-bond donors (Lipinski definition) is 1. The third kappa shape index (κ3) is 3.94. The Kier molecular flexibility index (Phi) is 5.17.